The molecule has 1 aromatic carbocycles. The summed E-state index contributed by atoms with van der Waals surface area (Å²) >= 11 is 0. The maximum atomic E-state index is 12.1. The van der Waals surface area contributed by atoms with E-state index in [4.69, 9.17) is 9.47 Å². The van der Waals surface area contributed by atoms with Gasteiger partial charge in [-0.3, -0.25) is 4.79 Å². The van der Waals surface area contributed by atoms with Crippen molar-refractivity contribution in [2.45, 2.75) is 38.6 Å². The van der Waals surface area contributed by atoms with Crippen LogP contribution in [0.1, 0.15) is 38.2 Å². The Kier molecular flexibility index (Phi) is 7.98. The van der Waals surface area contributed by atoms with Crippen molar-refractivity contribution in [1.82, 2.24) is 10.2 Å². The molecule has 0 radical (unpaired) electrons. The summed E-state index contributed by atoms with van der Waals surface area (Å²) in [4.78, 5) is 14.2. The summed E-state index contributed by atoms with van der Waals surface area (Å²) in [5.41, 5.74) is 0.911. The fraction of sp³-hybridized carbons (Fsp3) is 0.571. The molecule has 5 nitrogen and oxygen atoms in total. The third-order valence-electron chi connectivity index (χ3n) is 4.77. The number of carbonyl (C=O) groups is 1. The third-order valence-corrected chi connectivity index (χ3v) is 4.77. The first-order chi connectivity index (χ1) is 12.5. The molecule has 1 aromatic rings. The van der Waals surface area contributed by atoms with Crippen LogP contribution in [-0.4, -0.2) is 51.2 Å². The molecule has 0 aromatic heterocycles. The normalized spacial score (nSPS) is 20.3. The number of nitrogens with zero attached hydrogens (tertiary/aromatic N) is 1. The van der Waals surface area contributed by atoms with Crippen molar-refractivity contribution in [3.8, 4) is 11.5 Å². The molecular formula is C21H32N2O3. The number of rotatable bonds is 8. The molecule has 1 saturated carbocycles. The molecule has 1 N–H and O–H groups in total. The maximum absolute atomic E-state index is 12.1. The highest BCUT2D eigenvalue weighted by Gasteiger charge is 2.18. The Hall–Kier alpha value is -2.01. The number of hydrogen-bond donors (Lipinski definition) is 1. The molecule has 1 amide bonds. The fourth-order valence-corrected chi connectivity index (χ4v) is 3.07. The minimum absolute atomic E-state index is 0.0326. The molecule has 1 aliphatic carbocycles. The first-order valence-electron chi connectivity index (χ1n) is 9.42. The Bertz CT molecular complexity index is 605. The molecule has 0 heterocycles. The van der Waals surface area contributed by atoms with Crippen LogP contribution in [0.4, 0.5) is 0 Å². The molecule has 1 fully saturated rings. The molecule has 0 unspecified atom stereocenters. The Morgan fingerprint density at radius 2 is 1.96 bits per heavy atom. The Morgan fingerprint density at radius 3 is 2.62 bits per heavy atom. The second-order valence-corrected chi connectivity index (χ2v) is 7.36. The zero-order chi connectivity index (χ0) is 18.9. The number of methoxy groups -OCH3 is 1. The predicted octanol–water partition coefficient (Wildman–Crippen LogP) is 3.34. The van der Waals surface area contributed by atoms with Crippen LogP contribution in [0, 0.1) is 5.92 Å². The van der Waals surface area contributed by atoms with E-state index in [0.717, 1.165) is 30.9 Å². The molecular weight excluding hydrogens is 328 g/mol. The molecule has 5 heteroatoms. The molecule has 1 aliphatic rings. The van der Waals surface area contributed by atoms with Gasteiger partial charge in [0.15, 0.2) is 11.5 Å². The highest BCUT2D eigenvalue weighted by Crippen LogP contribution is 2.28. The number of hydrogen-bond acceptors (Lipinski definition) is 4. The number of nitrogens with one attached hydrogen (secondary N) is 1. The van der Waals surface area contributed by atoms with E-state index >= 15 is 0 Å². The molecule has 0 spiro atoms. The van der Waals surface area contributed by atoms with Crippen LogP contribution >= 0.6 is 0 Å². The monoisotopic (exact) mass is 360 g/mol. The van der Waals surface area contributed by atoms with E-state index in [2.05, 4.69) is 17.1 Å². The number of amides is 1. The lowest BCUT2D eigenvalue weighted by atomic mass is 9.87. The Labute approximate surface area is 157 Å². The summed E-state index contributed by atoms with van der Waals surface area (Å²) in [5, 5.41) is 3.10. The zero-order valence-corrected chi connectivity index (χ0v) is 16.5. The minimum Gasteiger partial charge on any atom is -0.493 e. The van der Waals surface area contributed by atoms with E-state index in [0.29, 0.717) is 24.1 Å². The second-order valence-electron chi connectivity index (χ2n) is 7.36. The van der Waals surface area contributed by atoms with Crippen LogP contribution in [0.3, 0.4) is 0 Å². The van der Waals surface area contributed by atoms with Crippen LogP contribution < -0.4 is 14.8 Å². The molecule has 0 aliphatic heterocycles. The van der Waals surface area contributed by atoms with Gasteiger partial charge in [-0.05, 0) is 69.5 Å². The van der Waals surface area contributed by atoms with Crippen molar-refractivity contribution in [2.24, 2.45) is 5.92 Å². The summed E-state index contributed by atoms with van der Waals surface area (Å²) in [7, 11) is 5.64. The SMILES string of the molecule is COc1cc(/C=C/C(=O)N[C@H]2CC[C@@H](C)CC2)ccc1OCCN(C)C. The molecule has 0 bridgehead atoms. The third kappa shape index (κ3) is 6.71. The highest BCUT2D eigenvalue weighted by atomic mass is 16.5. The van der Waals surface area contributed by atoms with E-state index in [1.807, 2.05) is 38.4 Å². The summed E-state index contributed by atoms with van der Waals surface area (Å²) < 4.78 is 11.2. The van der Waals surface area contributed by atoms with E-state index in [9.17, 15) is 4.79 Å². The quantitative estimate of drug-likeness (QED) is 0.723. The lowest BCUT2D eigenvalue weighted by Crippen LogP contribution is -2.36. The number of benzene rings is 1. The van der Waals surface area contributed by atoms with Gasteiger partial charge in [0.2, 0.25) is 5.91 Å². The van der Waals surface area contributed by atoms with Gasteiger partial charge in [0.1, 0.15) is 6.61 Å². The van der Waals surface area contributed by atoms with Gasteiger partial charge >= 0.3 is 0 Å². The standard InChI is InChI=1S/C21H32N2O3/c1-16-5-9-18(10-6-16)22-21(24)12-8-17-7-11-19(20(15-17)25-4)26-14-13-23(2)3/h7-8,11-12,15-16,18H,5-6,9-10,13-14H2,1-4H3,(H,22,24)/b12-8+/t16-,18+. The average Bonchev–Trinajstić information content (AvgIpc) is 2.62. The number of carbonyl (C=O) groups excluding carboxylic acids is 1. The van der Waals surface area contributed by atoms with Crippen molar-refractivity contribution >= 4 is 12.0 Å². The van der Waals surface area contributed by atoms with Crippen LogP contribution in [0.15, 0.2) is 24.3 Å². The van der Waals surface area contributed by atoms with Gasteiger partial charge in [-0.1, -0.05) is 13.0 Å². The largest absolute Gasteiger partial charge is 0.493 e. The first-order valence-corrected chi connectivity index (χ1v) is 9.42. The van der Waals surface area contributed by atoms with Gasteiger partial charge < -0.3 is 19.7 Å². The second kappa shape index (κ2) is 10.2. The van der Waals surface area contributed by atoms with Crippen LogP contribution in [0.5, 0.6) is 11.5 Å². The van der Waals surface area contributed by atoms with Crippen molar-refractivity contribution in [3.05, 3.63) is 29.8 Å². The zero-order valence-electron chi connectivity index (χ0n) is 16.5. The minimum atomic E-state index is -0.0326. The van der Waals surface area contributed by atoms with E-state index in [1.165, 1.54) is 12.8 Å². The first kappa shape index (κ1) is 20.3. The lowest BCUT2D eigenvalue weighted by molar-refractivity contribution is -0.117. The van der Waals surface area contributed by atoms with Crippen molar-refractivity contribution in [2.75, 3.05) is 34.4 Å². The van der Waals surface area contributed by atoms with Crippen LogP contribution in [0.2, 0.25) is 0 Å². The van der Waals surface area contributed by atoms with E-state index < -0.39 is 0 Å². The highest BCUT2D eigenvalue weighted by molar-refractivity contribution is 5.92. The molecule has 144 valence electrons. The number of likely N-dealkylation sites (N-methyl/N-ethyl adjacent to an activating group) is 1. The summed E-state index contributed by atoms with van der Waals surface area (Å²) in [6, 6.07) is 6.01. The van der Waals surface area contributed by atoms with E-state index in [-0.39, 0.29) is 5.91 Å². The molecule has 2 rings (SSSR count). The van der Waals surface area contributed by atoms with Crippen molar-refractivity contribution < 1.29 is 14.3 Å². The molecule has 0 saturated heterocycles. The van der Waals surface area contributed by atoms with Gasteiger partial charge in [-0.25, -0.2) is 0 Å². The number of ether oxygens (including phenoxy) is 2. The van der Waals surface area contributed by atoms with Crippen molar-refractivity contribution in [3.63, 3.8) is 0 Å². The maximum Gasteiger partial charge on any atom is 0.244 e. The summed E-state index contributed by atoms with van der Waals surface area (Å²) in [6.45, 7) is 3.71. The smallest absolute Gasteiger partial charge is 0.244 e. The van der Waals surface area contributed by atoms with Gasteiger partial charge in [0, 0.05) is 18.7 Å². The fourth-order valence-electron chi connectivity index (χ4n) is 3.07. The molecule has 0 atom stereocenters. The van der Waals surface area contributed by atoms with Gasteiger partial charge in [0.25, 0.3) is 0 Å². The van der Waals surface area contributed by atoms with Crippen LogP contribution in [0.25, 0.3) is 6.08 Å². The van der Waals surface area contributed by atoms with Gasteiger partial charge in [-0.2, -0.15) is 0 Å². The Morgan fingerprint density at radius 1 is 1.23 bits per heavy atom. The topological polar surface area (TPSA) is 50.8 Å². The van der Waals surface area contributed by atoms with Crippen LogP contribution in [-0.2, 0) is 4.79 Å². The summed E-state index contributed by atoms with van der Waals surface area (Å²) in [6.07, 6.45) is 7.95. The van der Waals surface area contributed by atoms with Gasteiger partial charge in [0.05, 0.1) is 7.11 Å². The van der Waals surface area contributed by atoms with E-state index in [1.54, 1.807) is 13.2 Å². The predicted molar refractivity (Wildman–Crippen MR) is 106 cm³/mol. The average molecular weight is 360 g/mol. The summed E-state index contributed by atoms with van der Waals surface area (Å²) in [5.74, 6) is 2.14. The van der Waals surface area contributed by atoms with Gasteiger partial charge in [-0.15, -0.1) is 0 Å². The Balaban J connectivity index is 1.89. The van der Waals surface area contributed by atoms with Crippen molar-refractivity contribution in [1.29, 1.82) is 0 Å². The molecule has 26 heavy (non-hydrogen) atoms. The lowest BCUT2D eigenvalue weighted by Gasteiger charge is -2.26.